The highest BCUT2D eigenvalue weighted by molar-refractivity contribution is 5.29. The second-order valence-electron chi connectivity index (χ2n) is 5.95. The maximum atomic E-state index is 13.8. The van der Waals surface area contributed by atoms with Gasteiger partial charge in [0, 0.05) is 6.04 Å². The molecule has 0 aliphatic heterocycles. The standard InChI is InChI=1S/C16H21F4N/c1-3-21-15(11-5-4-10(2)8-11)12-6-7-13(14(17)9-12)16(18,19)20/h6-7,9-11,15,21H,3-5,8H2,1-2H3. The first-order valence-electron chi connectivity index (χ1n) is 7.43. The molecule has 3 atom stereocenters. The van der Waals surface area contributed by atoms with Gasteiger partial charge in [0.15, 0.2) is 0 Å². The largest absolute Gasteiger partial charge is 0.419 e. The van der Waals surface area contributed by atoms with Crippen molar-refractivity contribution in [2.75, 3.05) is 6.54 Å². The Labute approximate surface area is 122 Å². The molecule has 0 amide bonds. The zero-order chi connectivity index (χ0) is 15.6. The SMILES string of the molecule is CCNC(c1ccc(C(F)(F)F)c(F)c1)C1CCC(C)C1. The molecule has 2 rings (SSSR count). The van der Waals surface area contributed by atoms with E-state index in [0.29, 0.717) is 23.9 Å². The van der Waals surface area contributed by atoms with Crippen LogP contribution < -0.4 is 5.32 Å². The van der Waals surface area contributed by atoms with E-state index >= 15 is 0 Å². The molecule has 1 N–H and O–H groups in total. The second kappa shape index (κ2) is 6.34. The molecule has 21 heavy (non-hydrogen) atoms. The van der Waals surface area contributed by atoms with Gasteiger partial charge in [-0.1, -0.05) is 26.3 Å². The molecule has 1 aromatic rings. The topological polar surface area (TPSA) is 12.0 Å². The van der Waals surface area contributed by atoms with E-state index in [1.165, 1.54) is 6.07 Å². The summed E-state index contributed by atoms with van der Waals surface area (Å²) in [5.41, 5.74) is -0.581. The van der Waals surface area contributed by atoms with Crippen LogP contribution in [-0.2, 0) is 6.18 Å². The third-order valence-corrected chi connectivity index (χ3v) is 4.29. The lowest BCUT2D eigenvalue weighted by Crippen LogP contribution is -2.27. The molecule has 1 saturated carbocycles. The van der Waals surface area contributed by atoms with E-state index in [1.54, 1.807) is 0 Å². The van der Waals surface area contributed by atoms with Crippen LogP contribution in [0.3, 0.4) is 0 Å². The summed E-state index contributed by atoms with van der Waals surface area (Å²) < 4.78 is 51.6. The fraction of sp³-hybridized carbons (Fsp3) is 0.625. The van der Waals surface area contributed by atoms with Crippen LogP contribution in [0.2, 0.25) is 0 Å². The van der Waals surface area contributed by atoms with E-state index in [-0.39, 0.29) is 6.04 Å². The van der Waals surface area contributed by atoms with Crippen molar-refractivity contribution in [2.24, 2.45) is 11.8 Å². The molecule has 118 valence electrons. The Morgan fingerprint density at radius 1 is 1.29 bits per heavy atom. The minimum Gasteiger partial charge on any atom is -0.310 e. The van der Waals surface area contributed by atoms with Gasteiger partial charge in [-0.3, -0.25) is 0 Å². The first-order valence-corrected chi connectivity index (χ1v) is 7.43. The second-order valence-corrected chi connectivity index (χ2v) is 5.95. The van der Waals surface area contributed by atoms with Gasteiger partial charge in [0.05, 0.1) is 5.56 Å². The fourth-order valence-electron chi connectivity index (χ4n) is 3.29. The molecule has 0 heterocycles. The molecule has 0 saturated heterocycles. The minimum absolute atomic E-state index is 0.0725. The molecule has 0 spiro atoms. The van der Waals surface area contributed by atoms with Crippen LogP contribution in [0.4, 0.5) is 17.6 Å². The van der Waals surface area contributed by atoms with Crippen LogP contribution in [0.1, 0.15) is 50.3 Å². The molecule has 1 aliphatic rings. The number of benzene rings is 1. The predicted molar refractivity (Wildman–Crippen MR) is 74.3 cm³/mol. The Hall–Kier alpha value is -1.10. The van der Waals surface area contributed by atoms with Crippen molar-refractivity contribution in [2.45, 2.75) is 45.3 Å². The van der Waals surface area contributed by atoms with Crippen LogP contribution in [0, 0.1) is 17.7 Å². The summed E-state index contributed by atoms with van der Waals surface area (Å²) in [7, 11) is 0. The molecule has 5 heteroatoms. The number of halogens is 4. The maximum Gasteiger partial charge on any atom is 0.419 e. The molecule has 1 nitrogen and oxygen atoms in total. The lowest BCUT2D eigenvalue weighted by molar-refractivity contribution is -0.140. The highest BCUT2D eigenvalue weighted by Crippen LogP contribution is 2.40. The summed E-state index contributed by atoms with van der Waals surface area (Å²) in [5.74, 6) is -0.208. The number of hydrogen-bond acceptors (Lipinski definition) is 1. The van der Waals surface area contributed by atoms with Gasteiger partial charge < -0.3 is 5.32 Å². The van der Waals surface area contributed by atoms with E-state index in [1.807, 2.05) is 6.92 Å². The van der Waals surface area contributed by atoms with Gasteiger partial charge in [0.1, 0.15) is 5.82 Å². The van der Waals surface area contributed by atoms with Crippen LogP contribution in [0.15, 0.2) is 18.2 Å². The van der Waals surface area contributed by atoms with Gasteiger partial charge in [-0.15, -0.1) is 0 Å². The zero-order valence-electron chi connectivity index (χ0n) is 12.3. The zero-order valence-corrected chi connectivity index (χ0v) is 12.3. The van der Waals surface area contributed by atoms with E-state index in [2.05, 4.69) is 12.2 Å². The Bertz CT molecular complexity index is 484. The maximum absolute atomic E-state index is 13.8. The first kappa shape index (κ1) is 16.3. The lowest BCUT2D eigenvalue weighted by atomic mass is 9.90. The van der Waals surface area contributed by atoms with Gasteiger partial charge in [0.25, 0.3) is 0 Å². The van der Waals surface area contributed by atoms with Crippen molar-refractivity contribution < 1.29 is 17.6 Å². The van der Waals surface area contributed by atoms with Crippen molar-refractivity contribution in [1.82, 2.24) is 5.32 Å². The highest BCUT2D eigenvalue weighted by atomic mass is 19.4. The summed E-state index contributed by atoms with van der Waals surface area (Å²) in [5, 5.41) is 3.30. The molecule has 0 bridgehead atoms. The smallest absolute Gasteiger partial charge is 0.310 e. The fourth-order valence-corrected chi connectivity index (χ4v) is 3.29. The van der Waals surface area contributed by atoms with Crippen LogP contribution in [0.25, 0.3) is 0 Å². The molecule has 1 aromatic carbocycles. The number of alkyl halides is 3. The molecule has 1 fully saturated rings. The van der Waals surface area contributed by atoms with Gasteiger partial charge >= 0.3 is 6.18 Å². The van der Waals surface area contributed by atoms with Crippen molar-refractivity contribution in [3.63, 3.8) is 0 Å². The van der Waals surface area contributed by atoms with Crippen LogP contribution in [-0.4, -0.2) is 6.54 Å². The minimum atomic E-state index is -4.64. The van der Waals surface area contributed by atoms with Crippen LogP contribution >= 0.6 is 0 Å². The van der Waals surface area contributed by atoms with E-state index in [4.69, 9.17) is 0 Å². The Balaban J connectivity index is 2.27. The average molecular weight is 303 g/mol. The predicted octanol–water partition coefficient (Wildman–Crippen LogP) is 4.93. The van der Waals surface area contributed by atoms with Gasteiger partial charge in [0.2, 0.25) is 0 Å². The number of hydrogen-bond donors (Lipinski definition) is 1. The van der Waals surface area contributed by atoms with E-state index in [0.717, 1.165) is 31.4 Å². The Morgan fingerprint density at radius 2 is 2.00 bits per heavy atom. The monoisotopic (exact) mass is 303 g/mol. The van der Waals surface area contributed by atoms with Gasteiger partial charge in [-0.05, 0) is 48.9 Å². The quantitative estimate of drug-likeness (QED) is 0.778. The Kier molecular flexibility index (Phi) is 4.91. The molecule has 0 radical (unpaired) electrons. The lowest BCUT2D eigenvalue weighted by Gasteiger charge is -2.25. The highest BCUT2D eigenvalue weighted by Gasteiger charge is 2.35. The molecule has 0 aromatic heterocycles. The molecular weight excluding hydrogens is 282 g/mol. The van der Waals surface area contributed by atoms with Gasteiger partial charge in [-0.25, -0.2) is 4.39 Å². The summed E-state index contributed by atoms with van der Waals surface area (Å²) in [4.78, 5) is 0. The molecule has 3 unspecified atom stereocenters. The number of nitrogens with one attached hydrogen (secondary N) is 1. The normalized spacial score (nSPS) is 24.3. The third-order valence-electron chi connectivity index (χ3n) is 4.29. The first-order chi connectivity index (χ1) is 9.82. The van der Waals surface area contributed by atoms with Crippen LogP contribution in [0.5, 0.6) is 0 Å². The van der Waals surface area contributed by atoms with E-state index in [9.17, 15) is 17.6 Å². The van der Waals surface area contributed by atoms with Crippen molar-refractivity contribution in [3.8, 4) is 0 Å². The molecular formula is C16H21F4N. The van der Waals surface area contributed by atoms with E-state index < -0.39 is 17.6 Å². The summed E-state index contributed by atoms with van der Waals surface area (Å²) in [6, 6.07) is 3.23. The third kappa shape index (κ3) is 3.76. The van der Waals surface area contributed by atoms with Gasteiger partial charge in [-0.2, -0.15) is 13.2 Å². The Morgan fingerprint density at radius 3 is 2.48 bits per heavy atom. The van der Waals surface area contributed by atoms with Crippen molar-refractivity contribution >= 4 is 0 Å². The summed E-state index contributed by atoms with van der Waals surface area (Å²) >= 11 is 0. The summed E-state index contributed by atoms with van der Waals surface area (Å²) in [6.07, 6.45) is -1.46. The number of rotatable bonds is 4. The average Bonchev–Trinajstić information content (AvgIpc) is 2.80. The summed E-state index contributed by atoms with van der Waals surface area (Å²) in [6.45, 7) is 4.83. The molecule has 1 aliphatic carbocycles. The van der Waals surface area contributed by atoms with Crippen molar-refractivity contribution in [3.05, 3.63) is 35.1 Å². The van der Waals surface area contributed by atoms with Crippen molar-refractivity contribution in [1.29, 1.82) is 0 Å².